The van der Waals surface area contributed by atoms with Gasteiger partial charge < -0.3 is 10.6 Å². The molecular formula is C10H16N2. The van der Waals surface area contributed by atoms with Gasteiger partial charge in [0.05, 0.1) is 11.4 Å². The van der Waals surface area contributed by atoms with E-state index in [0.29, 0.717) is 0 Å². The SMILES string of the molecule is CNc1ccc(C)c(C)c1NC. The summed E-state index contributed by atoms with van der Waals surface area (Å²) in [7, 11) is 3.88. The van der Waals surface area contributed by atoms with E-state index in [1.54, 1.807) is 0 Å². The van der Waals surface area contributed by atoms with Crippen molar-refractivity contribution in [2.75, 3.05) is 24.7 Å². The lowest BCUT2D eigenvalue weighted by Gasteiger charge is -2.13. The van der Waals surface area contributed by atoms with Gasteiger partial charge in [0.25, 0.3) is 0 Å². The van der Waals surface area contributed by atoms with Crippen molar-refractivity contribution in [3.05, 3.63) is 23.3 Å². The van der Waals surface area contributed by atoms with E-state index >= 15 is 0 Å². The molecule has 0 saturated heterocycles. The van der Waals surface area contributed by atoms with E-state index in [0.717, 1.165) is 5.69 Å². The quantitative estimate of drug-likeness (QED) is 0.701. The molecule has 0 radical (unpaired) electrons. The Morgan fingerprint density at radius 3 is 2.17 bits per heavy atom. The van der Waals surface area contributed by atoms with Gasteiger partial charge in [0, 0.05) is 14.1 Å². The summed E-state index contributed by atoms with van der Waals surface area (Å²) in [6, 6.07) is 4.22. The number of aryl methyl sites for hydroxylation is 1. The molecule has 0 amide bonds. The second-order valence-electron chi connectivity index (χ2n) is 2.93. The van der Waals surface area contributed by atoms with E-state index < -0.39 is 0 Å². The fourth-order valence-electron chi connectivity index (χ4n) is 1.35. The lowest BCUT2D eigenvalue weighted by atomic mass is 10.1. The number of benzene rings is 1. The molecule has 1 aromatic carbocycles. The van der Waals surface area contributed by atoms with E-state index in [4.69, 9.17) is 0 Å². The molecule has 0 aromatic heterocycles. The van der Waals surface area contributed by atoms with E-state index in [1.807, 2.05) is 14.1 Å². The second kappa shape index (κ2) is 3.48. The Bertz CT molecular complexity index is 279. The van der Waals surface area contributed by atoms with Crippen molar-refractivity contribution < 1.29 is 0 Å². The molecule has 0 aliphatic carbocycles. The molecular weight excluding hydrogens is 148 g/mol. The van der Waals surface area contributed by atoms with Crippen LogP contribution in [0, 0.1) is 13.8 Å². The first kappa shape index (κ1) is 8.91. The largest absolute Gasteiger partial charge is 0.386 e. The van der Waals surface area contributed by atoms with Crippen molar-refractivity contribution in [3.8, 4) is 0 Å². The first-order chi connectivity index (χ1) is 5.70. The van der Waals surface area contributed by atoms with Gasteiger partial charge in [-0.3, -0.25) is 0 Å². The van der Waals surface area contributed by atoms with E-state index in [9.17, 15) is 0 Å². The van der Waals surface area contributed by atoms with Crippen LogP contribution >= 0.6 is 0 Å². The van der Waals surface area contributed by atoms with Crippen LogP contribution in [0.4, 0.5) is 11.4 Å². The summed E-state index contributed by atoms with van der Waals surface area (Å²) in [5, 5.41) is 6.35. The fourth-order valence-corrected chi connectivity index (χ4v) is 1.35. The topological polar surface area (TPSA) is 24.1 Å². The Morgan fingerprint density at radius 2 is 1.67 bits per heavy atom. The van der Waals surface area contributed by atoms with E-state index in [1.165, 1.54) is 16.8 Å². The monoisotopic (exact) mass is 164 g/mol. The van der Waals surface area contributed by atoms with Crippen LogP contribution in [-0.4, -0.2) is 14.1 Å². The highest BCUT2D eigenvalue weighted by Gasteiger charge is 2.03. The van der Waals surface area contributed by atoms with Gasteiger partial charge >= 0.3 is 0 Å². The van der Waals surface area contributed by atoms with E-state index in [2.05, 4.69) is 36.6 Å². The molecule has 0 unspecified atom stereocenters. The summed E-state index contributed by atoms with van der Waals surface area (Å²) in [5.41, 5.74) is 4.97. The molecule has 1 aromatic rings. The van der Waals surface area contributed by atoms with Gasteiger partial charge in [0.15, 0.2) is 0 Å². The van der Waals surface area contributed by atoms with Gasteiger partial charge in [-0.1, -0.05) is 6.07 Å². The highest BCUT2D eigenvalue weighted by molar-refractivity contribution is 5.73. The molecule has 1 rings (SSSR count). The number of anilines is 2. The highest BCUT2D eigenvalue weighted by atomic mass is 14.9. The molecule has 0 aliphatic rings. The Labute approximate surface area is 74.0 Å². The first-order valence-electron chi connectivity index (χ1n) is 4.16. The molecule has 2 nitrogen and oxygen atoms in total. The normalized spacial score (nSPS) is 9.67. The van der Waals surface area contributed by atoms with Crippen LogP contribution in [-0.2, 0) is 0 Å². The summed E-state index contributed by atoms with van der Waals surface area (Å²) in [6.07, 6.45) is 0. The van der Waals surface area contributed by atoms with Crippen LogP contribution in [0.1, 0.15) is 11.1 Å². The van der Waals surface area contributed by atoms with Crippen LogP contribution < -0.4 is 10.6 Å². The van der Waals surface area contributed by atoms with Crippen molar-refractivity contribution in [2.45, 2.75) is 13.8 Å². The van der Waals surface area contributed by atoms with Gasteiger partial charge in [-0.15, -0.1) is 0 Å². The molecule has 0 heterocycles. The van der Waals surface area contributed by atoms with Crippen molar-refractivity contribution >= 4 is 11.4 Å². The maximum Gasteiger partial charge on any atom is 0.0605 e. The molecule has 2 heteroatoms. The number of hydrogen-bond acceptors (Lipinski definition) is 2. The summed E-state index contributed by atoms with van der Waals surface area (Å²) in [5.74, 6) is 0. The minimum absolute atomic E-state index is 1.15. The van der Waals surface area contributed by atoms with Crippen LogP contribution in [0.25, 0.3) is 0 Å². The molecule has 0 fully saturated rings. The number of hydrogen-bond donors (Lipinski definition) is 2. The average molecular weight is 164 g/mol. The van der Waals surface area contributed by atoms with Gasteiger partial charge in [-0.05, 0) is 31.0 Å². The average Bonchev–Trinajstić information content (AvgIpc) is 2.09. The van der Waals surface area contributed by atoms with Gasteiger partial charge in [-0.25, -0.2) is 0 Å². The van der Waals surface area contributed by atoms with E-state index in [-0.39, 0.29) is 0 Å². The predicted octanol–water partition coefficient (Wildman–Crippen LogP) is 2.39. The smallest absolute Gasteiger partial charge is 0.0605 e. The van der Waals surface area contributed by atoms with Crippen molar-refractivity contribution in [1.29, 1.82) is 0 Å². The van der Waals surface area contributed by atoms with Gasteiger partial charge in [0.1, 0.15) is 0 Å². The third-order valence-corrected chi connectivity index (χ3v) is 2.26. The standard InChI is InChI=1S/C10H16N2/c1-7-5-6-9(11-3)10(12-4)8(7)2/h5-6,11-12H,1-4H3. The third-order valence-electron chi connectivity index (χ3n) is 2.26. The van der Waals surface area contributed by atoms with Crippen LogP contribution in [0.2, 0.25) is 0 Å². The van der Waals surface area contributed by atoms with Gasteiger partial charge in [-0.2, -0.15) is 0 Å². The van der Waals surface area contributed by atoms with Crippen molar-refractivity contribution in [1.82, 2.24) is 0 Å². The summed E-state index contributed by atoms with van der Waals surface area (Å²) >= 11 is 0. The zero-order valence-electron chi connectivity index (χ0n) is 8.15. The molecule has 0 saturated carbocycles. The van der Waals surface area contributed by atoms with Crippen molar-refractivity contribution in [3.63, 3.8) is 0 Å². The van der Waals surface area contributed by atoms with Crippen LogP contribution in [0.3, 0.4) is 0 Å². The second-order valence-corrected chi connectivity index (χ2v) is 2.93. The van der Waals surface area contributed by atoms with Crippen LogP contribution in [0.5, 0.6) is 0 Å². The Hall–Kier alpha value is -1.18. The molecule has 0 spiro atoms. The molecule has 12 heavy (non-hydrogen) atoms. The maximum atomic E-state index is 3.19. The summed E-state index contributed by atoms with van der Waals surface area (Å²) < 4.78 is 0. The fraction of sp³-hybridized carbons (Fsp3) is 0.400. The molecule has 0 bridgehead atoms. The lowest BCUT2D eigenvalue weighted by Crippen LogP contribution is -1.99. The lowest BCUT2D eigenvalue weighted by molar-refractivity contribution is 1.31. The predicted molar refractivity (Wildman–Crippen MR) is 55.0 cm³/mol. The highest BCUT2D eigenvalue weighted by Crippen LogP contribution is 2.27. The molecule has 0 aliphatic heterocycles. The minimum atomic E-state index is 1.15. The third kappa shape index (κ3) is 1.37. The van der Waals surface area contributed by atoms with Crippen molar-refractivity contribution in [2.24, 2.45) is 0 Å². The molecule has 66 valence electrons. The van der Waals surface area contributed by atoms with Crippen LogP contribution in [0.15, 0.2) is 12.1 Å². The molecule has 2 N–H and O–H groups in total. The zero-order chi connectivity index (χ0) is 9.14. The Kier molecular flexibility index (Phi) is 2.58. The zero-order valence-corrected chi connectivity index (χ0v) is 8.15. The first-order valence-corrected chi connectivity index (χ1v) is 4.16. The molecule has 0 atom stereocenters. The van der Waals surface area contributed by atoms with Gasteiger partial charge in [0.2, 0.25) is 0 Å². The number of nitrogens with one attached hydrogen (secondary N) is 2. The summed E-state index contributed by atoms with van der Waals surface area (Å²) in [6.45, 7) is 4.25. The number of rotatable bonds is 2. The summed E-state index contributed by atoms with van der Waals surface area (Å²) in [4.78, 5) is 0. The Morgan fingerprint density at radius 1 is 1.00 bits per heavy atom. The Balaban J connectivity index is 3.25. The maximum absolute atomic E-state index is 3.19. The minimum Gasteiger partial charge on any atom is -0.386 e.